The number of carbonyl (C=O) groups excluding carboxylic acids is 1. The topological polar surface area (TPSA) is 81.2 Å². The van der Waals surface area contributed by atoms with Crippen LogP contribution in [0.2, 0.25) is 0 Å². The van der Waals surface area contributed by atoms with Gasteiger partial charge in [0.2, 0.25) is 0 Å². The van der Waals surface area contributed by atoms with Crippen LogP contribution >= 0.6 is 24.0 Å². The standard InChI is InChI=1S/C24H42N6O2.HI/c1-24(2,3)32-23(31)28-21-10-8-20(9-11-21)12-14-27-22(25-4)26-13-6-16-30-17-7-15-29(5)18-19-30;/h8-11H,6-7,12-19H2,1-5H3,(H,28,31)(H2,25,26,27);1H. The van der Waals surface area contributed by atoms with E-state index in [9.17, 15) is 4.79 Å². The van der Waals surface area contributed by atoms with Gasteiger partial charge in [0.1, 0.15) is 5.60 Å². The quantitative estimate of drug-likeness (QED) is 0.191. The molecule has 33 heavy (non-hydrogen) atoms. The molecule has 3 N–H and O–H groups in total. The molecule has 2 rings (SSSR count). The summed E-state index contributed by atoms with van der Waals surface area (Å²) in [6.45, 7) is 13.1. The van der Waals surface area contributed by atoms with E-state index in [1.54, 1.807) is 7.05 Å². The van der Waals surface area contributed by atoms with Gasteiger partial charge in [-0.15, -0.1) is 24.0 Å². The minimum Gasteiger partial charge on any atom is -0.444 e. The zero-order valence-corrected chi connectivity index (χ0v) is 23.3. The number of aliphatic imine (C=N–C) groups is 1. The minimum absolute atomic E-state index is 0. The molecule has 9 heteroatoms. The summed E-state index contributed by atoms with van der Waals surface area (Å²) in [5.41, 5.74) is 1.41. The van der Waals surface area contributed by atoms with E-state index in [4.69, 9.17) is 4.74 Å². The molecule has 1 aliphatic heterocycles. The Kier molecular flexibility index (Phi) is 13.7. The summed E-state index contributed by atoms with van der Waals surface area (Å²) >= 11 is 0. The number of hydrogen-bond acceptors (Lipinski definition) is 5. The first-order valence-corrected chi connectivity index (χ1v) is 11.7. The number of hydrogen-bond donors (Lipinski definition) is 3. The van der Waals surface area contributed by atoms with Gasteiger partial charge in [0.15, 0.2) is 5.96 Å². The largest absolute Gasteiger partial charge is 0.444 e. The first-order valence-electron chi connectivity index (χ1n) is 11.7. The lowest BCUT2D eigenvalue weighted by Gasteiger charge is -2.20. The predicted octanol–water partition coefficient (Wildman–Crippen LogP) is 3.39. The Labute approximate surface area is 216 Å². The van der Waals surface area contributed by atoms with E-state index in [0.29, 0.717) is 0 Å². The van der Waals surface area contributed by atoms with Crippen LogP contribution in [0.15, 0.2) is 29.3 Å². The Morgan fingerprint density at radius 1 is 1.06 bits per heavy atom. The fraction of sp³-hybridized carbons (Fsp3) is 0.667. The van der Waals surface area contributed by atoms with Crippen molar-refractivity contribution in [2.24, 2.45) is 4.99 Å². The fourth-order valence-electron chi connectivity index (χ4n) is 3.56. The molecular formula is C24H43IN6O2. The Balaban J connectivity index is 0.00000544. The number of guanidine groups is 1. The van der Waals surface area contributed by atoms with Crippen molar-refractivity contribution in [1.82, 2.24) is 20.4 Å². The second-order valence-corrected chi connectivity index (χ2v) is 9.35. The summed E-state index contributed by atoms with van der Waals surface area (Å²) in [6.07, 6.45) is 2.79. The normalized spacial score (nSPS) is 15.8. The number of halogens is 1. The maximum atomic E-state index is 11.9. The SMILES string of the molecule is CN=C(NCCCN1CCCN(C)CC1)NCCc1ccc(NC(=O)OC(C)(C)C)cc1.I. The van der Waals surface area contributed by atoms with Crippen molar-refractivity contribution < 1.29 is 9.53 Å². The Bertz CT molecular complexity index is 721. The van der Waals surface area contributed by atoms with Crippen molar-refractivity contribution in [2.45, 2.75) is 45.6 Å². The molecule has 0 aromatic heterocycles. The lowest BCUT2D eigenvalue weighted by Crippen LogP contribution is -2.40. The lowest BCUT2D eigenvalue weighted by atomic mass is 10.1. The molecule has 0 aliphatic carbocycles. The van der Waals surface area contributed by atoms with Gasteiger partial charge < -0.3 is 25.2 Å². The summed E-state index contributed by atoms with van der Waals surface area (Å²) < 4.78 is 5.28. The minimum atomic E-state index is -0.508. The predicted molar refractivity (Wildman–Crippen MR) is 148 cm³/mol. The van der Waals surface area contributed by atoms with Crippen molar-refractivity contribution in [1.29, 1.82) is 0 Å². The van der Waals surface area contributed by atoms with Crippen LogP contribution in [0.1, 0.15) is 39.2 Å². The van der Waals surface area contributed by atoms with Crippen LogP contribution in [0.3, 0.4) is 0 Å². The molecule has 1 amide bonds. The van der Waals surface area contributed by atoms with Gasteiger partial charge >= 0.3 is 6.09 Å². The molecule has 0 unspecified atom stereocenters. The Morgan fingerprint density at radius 2 is 1.76 bits per heavy atom. The molecule has 1 fully saturated rings. The zero-order chi connectivity index (χ0) is 23.4. The number of ether oxygens (including phenoxy) is 1. The summed E-state index contributed by atoms with van der Waals surface area (Å²) in [7, 11) is 4.01. The number of anilines is 1. The fourth-order valence-corrected chi connectivity index (χ4v) is 3.56. The van der Waals surface area contributed by atoms with Crippen LogP contribution in [-0.4, -0.2) is 87.4 Å². The zero-order valence-electron chi connectivity index (χ0n) is 20.9. The molecule has 1 aromatic rings. The van der Waals surface area contributed by atoms with Gasteiger partial charge in [0.05, 0.1) is 0 Å². The van der Waals surface area contributed by atoms with Crippen LogP contribution in [0.5, 0.6) is 0 Å². The smallest absolute Gasteiger partial charge is 0.412 e. The van der Waals surface area contributed by atoms with Gasteiger partial charge in [-0.1, -0.05) is 12.1 Å². The molecule has 1 aliphatic rings. The van der Waals surface area contributed by atoms with E-state index in [2.05, 4.69) is 37.8 Å². The number of amides is 1. The summed E-state index contributed by atoms with van der Waals surface area (Å²) in [5, 5.41) is 9.54. The van der Waals surface area contributed by atoms with Crippen molar-refractivity contribution in [3.8, 4) is 0 Å². The summed E-state index contributed by atoms with van der Waals surface area (Å²) in [5.74, 6) is 0.837. The number of rotatable bonds is 8. The van der Waals surface area contributed by atoms with Crippen molar-refractivity contribution in [3.05, 3.63) is 29.8 Å². The van der Waals surface area contributed by atoms with Crippen LogP contribution in [0.4, 0.5) is 10.5 Å². The second kappa shape index (κ2) is 15.3. The maximum Gasteiger partial charge on any atom is 0.412 e. The van der Waals surface area contributed by atoms with Gasteiger partial charge in [-0.25, -0.2) is 4.79 Å². The van der Waals surface area contributed by atoms with Crippen LogP contribution in [0.25, 0.3) is 0 Å². The third kappa shape index (κ3) is 13.0. The number of nitrogens with one attached hydrogen (secondary N) is 3. The van der Waals surface area contributed by atoms with Gasteiger partial charge in [0.25, 0.3) is 0 Å². The third-order valence-electron chi connectivity index (χ3n) is 5.28. The van der Waals surface area contributed by atoms with Crippen LogP contribution in [0, 0.1) is 0 Å². The molecule has 8 nitrogen and oxygen atoms in total. The van der Waals surface area contributed by atoms with E-state index >= 15 is 0 Å². The average Bonchev–Trinajstić information content (AvgIpc) is 2.93. The first-order chi connectivity index (χ1) is 15.2. The van der Waals surface area contributed by atoms with Crippen LogP contribution < -0.4 is 16.0 Å². The molecular weight excluding hydrogens is 531 g/mol. The maximum absolute atomic E-state index is 11.9. The molecule has 188 valence electrons. The Hall–Kier alpha value is -1.59. The van der Waals surface area contributed by atoms with E-state index in [1.807, 2.05) is 45.0 Å². The highest BCUT2D eigenvalue weighted by Gasteiger charge is 2.16. The monoisotopic (exact) mass is 574 g/mol. The lowest BCUT2D eigenvalue weighted by molar-refractivity contribution is 0.0636. The van der Waals surface area contributed by atoms with Gasteiger partial charge in [-0.05, 0) is 84.4 Å². The van der Waals surface area contributed by atoms with Crippen molar-refractivity contribution in [3.63, 3.8) is 0 Å². The number of likely N-dealkylation sites (N-methyl/N-ethyl adjacent to an activating group) is 1. The highest BCUT2D eigenvalue weighted by molar-refractivity contribution is 14.0. The molecule has 0 radical (unpaired) electrons. The molecule has 0 atom stereocenters. The van der Waals surface area contributed by atoms with Crippen molar-refractivity contribution >= 4 is 41.7 Å². The van der Waals surface area contributed by atoms with Gasteiger partial charge in [0, 0.05) is 38.9 Å². The molecule has 1 heterocycles. The van der Waals surface area contributed by atoms with Gasteiger partial charge in [-0.2, -0.15) is 0 Å². The van der Waals surface area contributed by atoms with E-state index in [-0.39, 0.29) is 24.0 Å². The molecule has 0 spiro atoms. The van der Waals surface area contributed by atoms with E-state index < -0.39 is 11.7 Å². The molecule has 0 bridgehead atoms. The Morgan fingerprint density at radius 3 is 2.42 bits per heavy atom. The molecule has 1 aromatic carbocycles. The van der Waals surface area contributed by atoms with E-state index in [0.717, 1.165) is 57.2 Å². The molecule has 1 saturated heterocycles. The first kappa shape index (κ1) is 29.4. The third-order valence-corrected chi connectivity index (χ3v) is 5.28. The number of benzene rings is 1. The highest BCUT2D eigenvalue weighted by atomic mass is 127. The number of nitrogens with zero attached hydrogens (tertiary/aromatic N) is 3. The second-order valence-electron chi connectivity index (χ2n) is 9.35. The van der Waals surface area contributed by atoms with E-state index in [1.165, 1.54) is 25.1 Å². The highest BCUT2D eigenvalue weighted by Crippen LogP contribution is 2.13. The van der Waals surface area contributed by atoms with Gasteiger partial charge in [-0.3, -0.25) is 10.3 Å². The molecule has 0 saturated carbocycles. The number of carbonyl (C=O) groups is 1. The van der Waals surface area contributed by atoms with Crippen LogP contribution in [-0.2, 0) is 11.2 Å². The van der Waals surface area contributed by atoms with Crippen molar-refractivity contribution in [2.75, 3.05) is 65.2 Å². The summed E-state index contributed by atoms with van der Waals surface area (Å²) in [4.78, 5) is 21.1. The summed E-state index contributed by atoms with van der Waals surface area (Å²) in [6, 6.07) is 7.83. The average molecular weight is 575 g/mol.